The van der Waals surface area contributed by atoms with Gasteiger partial charge in [-0.15, -0.1) is 0 Å². The quantitative estimate of drug-likeness (QED) is 0.436. The maximum Gasteiger partial charge on any atom is 0.131 e. The van der Waals surface area contributed by atoms with E-state index in [9.17, 15) is 9.18 Å². The minimum Gasteiger partial charge on any atom is -0.300 e. The number of halogens is 1. The molecule has 0 bridgehead atoms. The largest absolute Gasteiger partial charge is 0.300 e. The maximum absolute atomic E-state index is 14.1. The maximum atomic E-state index is 14.1. The number of hydrogen-bond acceptors (Lipinski definition) is 1. The Labute approximate surface area is 92.8 Å². The van der Waals surface area contributed by atoms with Crippen LogP contribution in [-0.4, -0.2) is 11.5 Å². The van der Waals surface area contributed by atoms with E-state index in [-0.39, 0.29) is 5.78 Å². The third kappa shape index (κ3) is 5.71. The molecule has 0 saturated carbocycles. The second-order valence-electron chi connectivity index (χ2n) is 4.36. The van der Waals surface area contributed by atoms with Crippen LogP contribution in [0.5, 0.6) is 0 Å². The van der Waals surface area contributed by atoms with Crippen LogP contribution in [0.1, 0.15) is 59.3 Å². The molecule has 88 valence electrons. The first-order valence-corrected chi connectivity index (χ1v) is 5.76. The van der Waals surface area contributed by atoms with Gasteiger partial charge in [-0.25, -0.2) is 4.39 Å². The van der Waals surface area contributed by atoms with Gasteiger partial charge in [0.15, 0.2) is 0 Å². The molecule has 0 amide bonds. The van der Waals surface area contributed by atoms with Gasteiger partial charge < -0.3 is 4.79 Å². The highest BCUT2D eigenvalue weighted by molar-refractivity contribution is 5.75. The fraction of sp³-hybridized carbons (Fsp3) is 0.769. The molecular weight excluding hydrogens is 191 g/mol. The Hall–Kier alpha value is -0.660. The number of allylic oxidation sites excluding steroid dienone is 1. The van der Waals surface area contributed by atoms with Gasteiger partial charge >= 0.3 is 0 Å². The second-order valence-corrected chi connectivity index (χ2v) is 4.36. The third-order valence-corrected chi connectivity index (χ3v) is 2.93. The van der Waals surface area contributed by atoms with Crippen molar-refractivity contribution in [3.05, 3.63) is 12.2 Å². The topological polar surface area (TPSA) is 17.1 Å². The highest BCUT2D eigenvalue weighted by Gasteiger charge is 2.27. The lowest BCUT2D eigenvalue weighted by Gasteiger charge is -2.24. The molecule has 1 unspecified atom stereocenters. The molecule has 0 aromatic rings. The summed E-state index contributed by atoms with van der Waals surface area (Å²) in [5.74, 6) is 0.219. The van der Waals surface area contributed by atoms with Crippen LogP contribution in [0.3, 0.4) is 0 Å². The zero-order chi connectivity index (χ0) is 11.9. The van der Waals surface area contributed by atoms with Crippen molar-refractivity contribution in [2.24, 2.45) is 0 Å². The molecule has 15 heavy (non-hydrogen) atoms. The molecule has 0 fully saturated rings. The Bertz CT molecular complexity index is 223. The average Bonchev–Trinajstić information content (AvgIpc) is 2.16. The molecule has 0 N–H and O–H groups in total. The molecule has 0 saturated heterocycles. The van der Waals surface area contributed by atoms with E-state index < -0.39 is 5.67 Å². The molecule has 1 atom stereocenters. The van der Waals surface area contributed by atoms with E-state index in [0.717, 1.165) is 19.3 Å². The summed E-state index contributed by atoms with van der Waals surface area (Å²) in [7, 11) is 0. The summed E-state index contributed by atoms with van der Waals surface area (Å²) >= 11 is 0. The van der Waals surface area contributed by atoms with Crippen LogP contribution >= 0.6 is 0 Å². The number of hydrogen-bond donors (Lipinski definition) is 0. The minimum atomic E-state index is -1.20. The fourth-order valence-electron chi connectivity index (χ4n) is 1.65. The van der Waals surface area contributed by atoms with Gasteiger partial charge in [0.25, 0.3) is 0 Å². The van der Waals surface area contributed by atoms with Gasteiger partial charge in [0, 0.05) is 6.42 Å². The molecule has 0 aliphatic carbocycles. The molecule has 0 aromatic carbocycles. The SMILES string of the molecule is C=C(C)C(F)(CC)CCCCCC(C)=O. The van der Waals surface area contributed by atoms with E-state index in [2.05, 4.69) is 6.58 Å². The van der Waals surface area contributed by atoms with E-state index in [4.69, 9.17) is 0 Å². The summed E-state index contributed by atoms with van der Waals surface area (Å²) in [4.78, 5) is 10.7. The predicted molar refractivity (Wildman–Crippen MR) is 62.7 cm³/mol. The van der Waals surface area contributed by atoms with E-state index in [1.807, 2.05) is 6.92 Å². The number of unbranched alkanes of at least 4 members (excludes halogenated alkanes) is 2. The minimum absolute atomic E-state index is 0.219. The van der Waals surface area contributed by atoms with Crippen LogP contribution in [0, 0.1) is 0 Å². The van der Waals surface area contributed by atoms with Gasteiger partial charge in [-0.2, -0.15) is 0 Å². The summed E-state index contributed by atoms with van der Waals surface area (Å²) in [6.45, 7) is 8.89. The van der Waals surface area contributed by atoms with Gasteiger partial charge in [0.1, 0.15) is 11.5 Å². The van der Waals surface area contributed by atoms with E-state index in [1.54, 1.807) is 13.8 Å². The second kappa shape index (κ2) is 6.76. The van der Waals surface area contributed by atoms with Crippen molar-refractivity contribution in [1.82, 2.24) is 0 Å². The number of Topliss-reactive ketones (excluding diaryl/α,β-unsaturated/α-hetero) is 1. The molecule has 0 aromatic heterocycles. The summed E-state index contributed by atoms with van der Waals surface area (Å²) in [5.41, 5.74) is -0.576. The number of ketones is 1. The fourth-order valence-corrected chi connectivity index (χ4v) is 1.65. The average molecular weight is 214 g/mol. The lowest BCUT2D eigenvalue weighted by molar-refractivity contribution is -0.117. The number of carbonyl (C=O) groups is 1. The molecule has 1 nitrogen and oxygen atoms in total. The lowest BCUT2D eigenvalue weighted by Crippen LogP contribution is -2.22. The van der Waals surface area contributed by atoms with Crippen LogP contribution in [0.25, 0.3) is 0 Å². The Morgan fingerprint density at radius 1 is 1.27 bits per heavy atom. The summed E-state index contributed by atoms with van der Waals surface area (Å²) in [6.07, 6.45) is 4.30. The Balaban J connectivity index is 3.73. The smallest absolute Gasteiger partial charge is 0.131 e. The predicted octanol–water partition coefficient (Wildman–Crippen LogP) is 4.22. The summed E-state index contributed by atoms with van der Waals surface area (Å²) in [5, 5.41) is 0. The zero-order valence-electron chi connectivity index (χ0n) is 10.2. The van der Waals surface area contributed by atoms with Crippen molar-refractivity contribution in [1.29, 1.82) is 0 Å². The highest BCUT2D eigenvalue weighted by Crippen LogP contribution is 2.30. The molecule has 0 rings (SSSR count). The monoisotopic (exact) mass is 214 g/mol. The normalized spacial score (nSPS) is 14.7. The molecule has 2 heteroatoms. The molecule has 0 aliphatic rings. The van der Waals surface area contributed by atoms with Gasteiger partial charge in [0.05, 0.1) is 0 Å². The molecular formula is C13H23FO. The van der Waals surface area contributed by atoms with Crippen LogP contribution in [-0.2, 0) is 4.79 Å². The van der Waals surface area contributed by atoms with Crippen LogP contribution in [0.2, 0.25) is 0 Å². The van der Waals surface area contributed by atoms with Crippen molar-refractivity contribution in [2.45, 2.75) is 65.0 Å². The van der Waals surface area contributed by atoms with Gasteiger partial charge in [0.2, 0.25) is 0 Å². The number of alkyl halides is 1. The molecule has 0 heterocycles. The Kier molecular flexibility index (Phi) is 6.46. The molecule has 0 aliphatic heterocycles. The van der Waals surface area contributed by atoms with Crippen LogP contribution in [0.15, 0.2) is 12.2 Å². The Morgan fingerprint density at radius 3 is 2.27 bits per heavy atom. The summed E-state index contributed by atoms with van der Waals surface area (Å²) < 4.78 is 14.1. The first-order chi connectivity index (χ1) is 6.92. The van der Waals surface area contributed by atoms with Crippen molar-refractivity contribution >= 4 is 5.78 Å². The number of carbonyl (C=O) groups excluding carboxylic acids is 1. The molecule has 0 spiro atoms. The number of rotatable bonds is 8. The van der Waals surface area contributed by atoms with E-state index in [1.165, 1.54) is 0 Å². The zero-order valence-corrected chi connectivity index (χ0v) is 10.2. The van der Waals surface area contributed by atoms with Gasteiger partial charge in [-0.05, 0) is 45.1 Å². The van der Waals surface area contributed by atoms with E-state index in [0.29, 0.717) is 24.8 Å². The summed E-state index contributed by atoms with van der Waals surface area (Å²) in [6, 6.07) is 0. The van der Waals surface area contributed by atoms with E-state index >= 15 is 0 Å². The molecule has 0 radical (unpaired) electrons. The highest BCUT2D eigenvalue weighted by atomic mass is 19.1. The van der Waals surface area contributed by atoms with Crippen molar-refractivity contribution < 1.29 is 9.18 Å². The first-order valence-electron chi connectivity index (χ1n) is 5.76. The van der Waals surface area contributed by atoms with Crippen LogP contribution in [0.4, 0.5) is 4.39 Å². The van der Waals surface area contributed by atoms with Crippen molar-refractivity contribution in [2.75, 3.05) is 0 Å². The standard InChI is InChI=1S/C13H23FO/c1-5-13(14,11(2)3)10-8-6-7-9-12(4)15/h2,5-10H2,1,3-4H3. The lowest BCUT2D eigenvalue weighted by atomic mass is 9.89. The third-order valence-electron chi connectivity index (χ3n) is 2.93. The van der Waals surface area contributed by atoms with Gasteiger partial charge in [-0.1, -0.05) is 19.9 Å². The Morgan fingerprint density at radius 2 is 1.87 bits per heavy atom. The first kappa shape index (κ1) is 14.3. The van der Waals surface area contributed by atoms with Crippen molar-refractivity contribution in [3.63, 3.8) is 0 Å². The van der Waals surface area contributed by atoms with Crippen molar-refractivity contribution in [3.8, 4) is 0 Å². The van der Waals surface area contributed by atoms with Crippen LogP contribution < -0.4 is 0 Å². The van der Waals surface area contributed by atoms with Gasteiger partial charge in [-0.3, -0.25) is 0 Å².